The van der Waals surface area contributed by atoms with Crippen molar-refractivity contribution in [3.8, 4) is 0 Å². The molecule has 0 amide bonds. The van der Waals surface area contributed by atoms with E-state index in [1.807, 2.05) is 13.8 Å². The van der Waals surface area contributed by atoms with Crippen LogP contribution in [0.1, 0.15) is 94.4 Å². The average molecular weight is 257 g/mol. The summed E-state index contributed by atoms with van der Waals surface area (Å²) in [7, 11) is 0. The Morgan fingerprint density at radius 3 is 1.78 bits per heavy atom. The van der Waals surface area contributed by atoms with E-state index < -0.39 is 0 Å². The van der Waals surface area contributed by atoms with Crippen molar-refractivity contribution in [2.45, 2.75) is 94.4 Å². The van der Waals surface area contributed by atoms with Crippen LogP contribution in [0.5, 0.6) is 0 Å². The molecule has 0 aromatic heterocycles. The van der Waals surface area contributed by atoms with Crippen LogP contribution in [-0.4, -0.2) is 0 Å². The van der Waals surface area contributed by atoms with E-state index in [1.165, 1.54) is 32.1 Å². The Kier molecular flexibility index (Phi) is 12.3. The van der Waals surface area contributed by atoms with Crippen molar-refractivity contribution in [2.75, 3.05) is 0 Å². The van der Waals surface area contributed by atoms with Gasteiger partial charge in [-0.2, -0.15) is 0 Å². The molecule has 112 valence electrons. The van der Waals surface area contributed by atoms with Gasteiger partial charge in [-0.05, 0) is 42.4 Å². The molecule has 0 N–H and O–H groups in total. The quantitative estimate of drug-likeness (QED) is 0.502. The lowest BCUT2D eigenvalue weighted by Crippen LogP contribution is -2.36. The van der Waals surface area contributed by atoms with Gasteiger partial charge in [-0.3, -0.25) is 0 Å². The van der Waals surface area contributed by atoms with Gasteiger partial charge in [0.15, 0.2) is 0 Å². The molecule has 1 aliphatic rings. The average Bonchev–Trinajstić information content (AvgIpc) is 2.26. The summed E-state index contributed by atoms with van der Waals surface area (Å²) >= 11 is 0. The van der Waals surface area contributed by atoms with Crippen molar-refractivity contribution >= 4 is 0 Å². The number of hydrogen-bond donors (Lipinski definition) is 0. The second kappa shape index (κ2) is 10.9. The van der Waals surface area contributed by atoms with Crippen LogP contribution in [0, 0.1) is 23.2 Å². The summed E-state index contributed by atoms with van der Waals surface area (Å²) in [4.78, 5) is 0. The van der Waals surface area contributed by atoms with Gasteiger partial charge in [0.05, 0.1) is 0 Å². The van der Waals surface area contributed by atoms with Crippen LogP contribution >= 0.6 is 0 Å². The van der Waals surface area contributed by atoms with Gasteiger partial charge in [-0.15, -0.1) is 0 Å². The van der Waals surface area contributed by atoms with Crippen LogP contribution in [-0.2, 0) is 0 Å². The molecule has 0 bridgehead atoms. The Morgan fingerprint density at radius 2 is 1.44 bits per heavy atom. The molecule has 1 aliphatic carbocycles. The lowest BCUT2D eigenvalue weighted by molar-refractivity contribution is 0.0443. The summed E-state index contributed by atoms with van der Waals surface area (Å²) in [5.41, 5.74) is 0.590. The predicted molar refractivity (Wildman–Crippen MR) is 87.1 cm³/mol. The van der Waals surface area contributed by atoms with Crippen LogP contribution in [0.3, 0.4) is 0 Å². The van der Waals surface area contributed by atoms with Gasteiger partial charge in [-0.1, -0.05) is 75.2 Å². The minimum absolute atomic E-state index is 0.590. The van der Waals surface area contributed by atoms with Gasteiger partial charge in [0, 0.05) is 0 Å². The van der Waals surface area contributed by atoms with E-state index in [-0.39, 0.29) is 0 Å². The lowest BCUT2D eigenvalue weighted by Gasteiger charge is -2.46. The van der Waals surface area contributed by atoms with Crippen LogP contribution in [0.15, 0.2) is 0 Å². The molecule has 0 aromatic rings. The molecule has 18 heavy (non-hydrogen) atoms. The molecule has 1 fully saturated rings. The van der Waals surface area contributed by atoms with Gasteiger partial charge < -0.3 is 0 Å². The molecular weight excluding hydrogens is 216 g/mol. The van der Waals surface area contributed by atoms with Gasteiger partial charge in [0.2, 0.25) is 0 Å². The summed E-state index contributed by atoms with van der Waals surface area (Å²) < 4.78 is 0. The molecule has 0 aliphatic heterocycles. The molecule has 0 spiro atoms. The summed E-state index contributed by atoms with van der Waals surface area (Å²) in [6.45, 7) is 20.4. The maximum Gasteiger partial charge on any atom is -0.0321 e. The van der Waals surface area contributed by atoms with Crippen LogP contribution in [0.2, 0.25) is 0 Å². The highest BCUT2D eigenvalue weighted by atomic mass is 14.4. The molecule has 0 heterocycles. The SMILES string of the molecule is CC.CCC.CCCC1C(C)CC(C)CC1(C)C. The highest BCUT2D eigenvalue weighted by Crippen LogP contribution is 2.48. The summed E-state index contributed by atoms with van der Waals surface area (Å²) in [5.74, 6) is 2.85. The molecule has 0 saturated heterocycles. The van der Waals surface area contributed by atoms with Crippen molar-refractivity contribution in [3.63, 3.8) is 0 Å². The Hall–Kier alpha value is 0. The Balaban J connectivity index is 0. The number of rotatable bonds is 2. The van der Waals surface area contributed by atoms with Crippen LogP contribution in [0.4, 0.5) is 0 Å². The molecule has 0 aromatic carbocycles. The zero-order chi connectivity index (χ0) is 14.8. The normalized spacial score (nSPS) is 29.5. The first-order valence-corrected chi connectivity index (χ1v) is 8.38. The Bertz CT molecular complexity index is 169. The van der Waals surface area contributed by atoms with Crippen molar-refractivity contribution in [2.24, 2.45) is 23.2 Å². The fraction of sp³-hybridized carbons (Fsp3) is 1.00. The number of hydrogen-bond acceptors (Lipinski definition) is 0. The molecule has 0 heteroatoms. The minimum Gasteiger partial charge on any atom is -0.0683 e. The van der Waals surface area contributed by atoms with E-state index in [0.717, 1.165) is 17.8 Å². The lowest BCUT2D eigenvalue weighted by atomic mass is 9.60. The zero-order valence-electron chi connectivity index (χ0n) is 14.8. The molecule has 1 rings (SSSR count). The van der Waals surface area contributed by atoms with E-state index in [9.17, 15) is 0 Å². The van der Waals surface area contributed by atoms with Crippen LogP contribution < -0.4 is 0 Å². The fourth-order valence-electron chi connectivity index (χ4n) is 3.69. The molecule has 0 nitrogen and oxygen atoms in total. The second-order valence-electron chi connectivity index (χ2n) is 6.61. The molecule has 3 unspecified atom stereocenters. The smallest absolute Gasteiger partial charge is 0.0321 e. The first kappa shape index (κ1) is 20.3. The standard InChI is InChI=1S/C13H26.C3H8.C2H6/c1-6-7-12-11(3)8-10(2)9-13(12,4)5;1-3-2;1-2/h10-12H,6-9H2,1-5H3;3H2,1-2H3;1-2H3. The first-order valence-electron chi connectivity index (χ1n) is 8.38. The largest absolute Gasteiger partial charge is 0.0683 e. The van der Waals surface area contributed by atoms with Gasteiger partial charge in [0.1, 0.15) is 0 Å². The predicted octanol–water partition coefficient (Wildman–Crippen LogP) is 6.94. The Labute approximate surface area is 118 Å². The summed E-state index contributed by atoms with van der Waals surface area (Å²) in [5, 5.41) is 0. The van der Waals surface area contributed by atoms with Crippen molar-refractivity contribution in [1.82, 2.24) is 0 Å². The minimum atomic E-state index is 0.590. The molecular formula is C18H40. The maximum atomic E-state index is 2.47. The maximum absolute atomic E-state index is 2.47. The van der Waals surface area contributed by atoms with E-state index in [1.54, 1.807) is 0 Å². The highest BCUT2D eigenvalue weighted by molar-refractivity contribution is 4.88. The highest BCUT2D eigenvalue weighted by Gasteiger charge is 2.38. The third kappa shape index (κ3) is 7.44. The monoisotopic (exact) mass is 256 g/mol. The van der Waals surface area contributed by atoms with E-state index in [0.29, 0.717) is 5.41 Å². The van der Waals surface area contributed by atoms with E-state index >= 15 is 0 Å². The van der Waals surface area contributed by atoms with Crippen molar-refractivity contribution in [3.05, 3.63) is 0 Å². The van der Waals surface area contributed by atoms with Gasteiger partial charge >= 0.3 is 0 Å². The third-order valence-corrected chi connectivity index (χ3v) is 3.94. The van der Waals surface area contributed by atoms with E-state index in [4.69, 9.17) is 0 Å². The molecule has 0 radical (unpaired) electrons. The fourth-order valence-corrected chi connectivity index (χ4v) is 3.69. The second-order valence-corrected chi connectivity index (χ2v) is 6.61. The van der Waals surface area contributed by atoms with Crippen molar-refractivity contribution < 1.29 is 0 Å². The molecule has 3 atom stereocenters. The van der Waals surface area contributed by atoms with E-state index in [2.05, 4.69) is 48.5 Å². The van der Waals surface area contributed by atoms with Crippen molar-refractivity contribution in [1.29, 1.82) is 0 Å². The first-order chi connectivity index (χ1) is 8.38. The third-order valence-electron chi connectivity index (χ3n) is 3.94. The topological polar surface area (TPSA) is 0 Å². The zero-order valence-corrected chi connectivity index (χ0v) is 14.8. The molecule has 1 saturated carbocycles. The summed E-state index contributed by atoms with van der Waals surface area (Å²) in [6.07, 6.45) is 6.92. The Morgan fingerprint density at radius 1 is 1.00 bits per heavy atom. The van der Waals surface area contributed by atoms with Crippen LogP contribution in [0.25, 0.3) is 0 Å². The van der Waals surface area contributed by atoms with Gasteiger partial charge in [0.25, 0.3) is 0 Å². The van der Waals surface area contributed by atoms with Gasteiger partial charge in [-0.25, -0.2) is 0 Å². The summed E-state index contributed by atoms with van der Waals surface area (Å²) in [6, 6.07) is 0.